The first-order chi connectivity index (χ1) is 13.5. The second-order valence-electron chi connectivity index (χ2n) is 7.59. The summed E-state index contributed by atoms with van der Waals surface area (Å²) in [5, 5.41) is 4.32. The van der Waals surface area contributed by atoms with Crippen LogP contribution in [0.15, 0.2) is 34.2 Å². The largest absolute Gasteiger partial charge is 0.383 e. The number of hydrogen-bond donors (Lipinski definition) is 1. The standard InChI is InChI=1S/C21H29N3O3S/c1-14-7-6-10-17(15(14)2)22-19(25)13-28-21-23-18-9-5-4-8-16(18)20(26)24(21)11-12-27-3/h4-5,8-9,14-15,17H,6-7,10-13H2,1-3H3,(H,22,25)/t14-,15-,17+/m0/s1. The maximum atomic E-state index is 12.8. The van der Waals surface area contributed by atoms with Crippen LogP contribution in [0.1, 0.15) is 33.1 Å². The minimum atomic E-state index is -0.0970. The number of nitrogens with zero attached hydrogens (tertiary/aromatic N) is 2. The molecule has 0 bridgehead atoms. The van der Waals surface area contributed by atoms with Crippen molar-refractivity contribution in [2.75, 3.05) is 19.5 Å². The number of carbonyl (C=O) groups excluding carboxylic acids is 1. The van der Waals surface area contributed by atoms with E-state index in [0.717, 1.165) is 12.8 Å². The van der Waals surface area contributed by atoms with E-state index in [9.17, 15) is 9.59 Å². The van der Waals surface area contributed by atoms with E-state index < -0.39 is 0 Å². The first-order valence-corrected chi connectivity index (χ1v) is 10.9. The van der Waals surface area contributed by atoms with Gasteiger partial charge in [0.2, 0.25) is 5.91 Å². The van der Waals surface area contributed by atoms with E-state index in [1.165, 1.54) is 18.2 Å². The van der Waals surface area contributed by atoms with E-state index in [1.54, 1.807) is 17.7 Å². The fraction of sp³-hybridized carbons (Fsp3) is 0.571. The average Bonchev–Trinajstić information content (AvgIpc) is 2.69. The molecule has 1 aliphatic rings. The van der Waals surface area contributed by atoms with Crippen molar-refractivity contribution in [1.29, 1.82) is 0 Å². The summed E-state index contributed by atoms with van der Waals surface area (Å²) in [4.78, 5) is 30.0. The molecule has 0 radical (unpaired) electrons. The number of rotatable bonds is 7. The van der Waals surface area contributed by atoms with Crippen LogP contribution in [-0.4, -0.2) is 41.0 Å². The number of fused-ring (bicyclic) bond motifs is 1. The normalized spacial score (nSPS) is 22.3. The molecule has 1 aromatic carbocycles. The van der Waals surface area contributed by atoms with Crippen molar-refractivity contribution >= 4 is 28.6 Å². The topological polar surface area (TPSA) is 73.2 Å². The SMILES string of the molecule is COCCn1c(SCC(=O)N[C@@H]2CCC[C@H](C)[C@@H]2C)nc2ccccc2c1=O. The van der Waals surface area contributed by atoms with Crippen LogP contribution in [0.25, 0.3) is 10.9 Å². The highest BCUT2D eigenvalue weighted by atomic mass is 32.2. The number of carbonyl (C=O) groups is 1. The molecule has 1 saturated carbocycles. The van der Waals surface area contributed by atoms with Crippen molar-refractivity contribution < 1.29 is 9.53 Å². The Morgan fingerprint density at radius 1 is 1.32 bits per heavy atom. The van der Waals surface area contributed by atoms with Crippen LogP contribution in [0.5, 0.6) is 0 Å². The van der Waals surface area contributed by atoms with E-state index >= 15 is 0 Å². The van der Waals surface area contributed by atoms with Gasteiger partial charge in [0.15, 0.2) is 5.16 Å². The predicted molar refractivity (Wildman–Crippen MR) is 113 cm³/mol. The Kier molecular flexibility index (Phi) is 7.13. The number of benzene rings is 1. The molecule has 1 aromatic heterocycles. The van der Waals surface area contributed by atoms with Gasteiger partial charge in [-0.2, -0.15) is 0 Å². The quantitative estimate of drug-likeness (QED) is 0.568. The summed E-state index contributed by atoms with van der Waals surface area (Å²) in [6, 6.07) is 7.53. The zero-order valence-electron chi connectivity index (χ0n) is 16.8. The van der Waals surface area contributed by atoms with Gasteiger partial charge in [-0.05, 0) is 30.4 Å². The highest BCUT2D eigenvalue weighted by molar-refractivity contribution is 7.99. The minimum Gasteiger partial charge on any atom is -0.383 e. The summed E-state index contributed by atoms with van der Waals surface area (Å²) in [7, 11) is 1.60. The molecule has 6 nitrogen and oxygen atoms in total. The Bertz CT molecular complexity index is 883. The van der Waals surface area contributed by atoms with Gasteiger partial charge < -0.3 is 10.1 Å². The number of hydrogen-bond acceptors (Lipinski definition) is 5. The first-order valence-electron chi connectivity index (χ1n) is 9.92. The number of nitrogens with one attached hydrogen (secondary N) is 1. The Hall–Kier alpha value is -1.86. The van der Waals surface area contributed by atoms with Gasteiger partial charge in [0.05, 0.1) is 29.8 Å². The lowest BCUT2D eigenvalue weighted by molar-refractivity contribution is -0.120. The van der Waals surface area contributed by atoms with Crippen LogP contribution in [0.2, 0.25) is 0 Å². The van der Waals surface area contributed by atoms with Crippen LogP contribution in [0.4, 0.5) is 0 Å². The lowest BCUT2D eigenvalue weighted by atomic mass is 9.78. The molecule has 0 spiro atoms. The molecule has 152 valence electrons. The summed E-state index contributed by atoms with van der Waals surface area (Å²) < 4.78 is 6.75. The van der Waals surface area contributed by atoms with Crippen molar-refractivity contribution in [2.24, 2.45) is 11.8 Å². The van der Waals surface area contributed by atoms with Crippen LogP contribution in [0.3, 0.4) is 0 Å². The Morgan fingerprint density at radius 3 is 2.89 bits per heavy atom. The maximum absolute atomic E-state index is 12.8. The smallest absolute Gasteiger partial charge is 0.262 e. The molecular weight excluding hydrogens is 374 g/mol. The van der Waals surface area contributed by atoms with Gasteiger partial charge in [-0.3, -0.25) is 14.2 Å². The highest BCUT2D eigenvalue weighted by Crippen LogP contribution is 2.29. The van der Waals surface area contributed by atoms with E-state index in [2.05, 4.69) is 24.1 Å². The number of ether oxygens (including phenoxy) is 1. The van der Waals surface area contributed by atoms with E-state index in [0.29, 0.717) is 41.0 Å². The fourth-order valence-corrected chi connectivity index (χ4v) is 4.64. The number of methoxy groups -OCH3 is 1. The van der Waals surface area contributed by atoms with Gasteiger partial charge in [-0.15, -0.1) is 0 Å². The zero-order chi connectivity index (χ0) is 20.1. The van der Waals surface area contributed by atoms with Crippen LogP contribution >= 0.6 is 11.8 Å². The molecule has 7 heteroatoms. The van der Waals surface area contributed by atoms with Gasteiger partial charge in [0, 0.05) is 13.2 Å². The number of aromatic nitrogens is 2. The van der Waals surface area contributed by atoms with Crippen LogP contribution in [0, 0.1) is 11.8 Å². The average molecular weight is 404 g/mol. The first kappa shape index (κ1) is 20.9. The molecule has 1 heterocycles. The number of thioether (sulfide) groups is 1. The lowest BCUT2D eigenvalue weighted by Crippen LogP contribution is -2.44. The molecule has 1 N–H and O–H groups in total. The minimum absolute atomic E-state index is 0.00310. The summed E-state index contributed by atoms with van der Waals surface area (Å²) in [5.74, 6) is 1.36. The molecule has 1 aliphatic carbocycles. The van der Waals surface area contributed by atoms with Crippen molar-refractivity contribution in [1.82, 2.24) is 14.9 Å². The predicted octanol–water partition coefficient (Wildman–Crippen LogP) is 3.08. The molecule has 1 fully saturated rings. The third-order valence-corrected chi connectivity index (χ3v) is 6.71. The molecule has 0 aliphatic heterocycles. The summed E-state index contributed by atoms with van der Waals surface area (Å²) in [5.41, 5.74) is 0.555. The fourth-order valence-electron chi connectivity index (χ4n) is 3.80. The molecule has 28 heavy (non-hydrogen) atoms. The van der Waals surface area contributed by atoms with Crippen molar-refractivity contribution in [3.05, 3.63) is 34.6 Å². The lowest BCUT2D eigenvalue weighted by Gasteiger charge is -2.34. The second kappa shape index (κ2) is 9.56. The van der Waals surface area contributed by atoms with Gasteiger partial charge in [0.1, 0.15) is 0 Å². The summed E-state index contributed by atoms with van der Waals surface area (Å²) in [6.45, 7) is 5.30. The molecule has 3 atom stereocenters. The zero-order valence-corrected chi connectivity index (χ0v) is 17.6. The Labute approximate surface area is 170 Å². The molecular formula is C21H29N3O3S. The molecule has 2 aromatic rings. The third-order valence-electron chi connectivity index (χ3n) is 5.73. The van der Waals surface area contributed by atoms with Gasteiger partial charge >= 0.3 is 0 Å². The van der Waals surface area contributed by atoms with Crippen molar-refractivity contribution in [3.63, 3.8) is 0 Å². The second-order valence-corrected chi connectivity index (χ2v) is 8.53. The summed E-state index contributed by atoms with van der Waals surface area (Å²) >= 11 is 1.31. The van der Waals surface area contributed by atoms with Crippen LogP contribution < -0.4 is 10.9 Å². The number of amides is 1. The van der Waals surface area contributed by atoms with Gasteiger partial charge in [-0.25, -0.2) is 4.98 Å². The van der Waals surface area contributed by atoms with E-state index in [1.807, 2.05) is 18.2 Å². The van der Waals surface area contributed by atoms with Gasteiger partial charge in [0.25, 0.3) is 5.56 Å². The molecule has 0 unspecified atom stereocenters. The van der Waals surface area contributed by atoms with Crippen molar-refractivity contribution in [3.8, 4) is 0 Å². The highest BCUT2D eigenvalue weighted by Gasteiger charge is 2.28. The maximum Gasteiger partial charge on any atom is 0.262 e. The monoisotopic (exact) mass is 403 g/mol. The Morgan fingerprint density at radius 2 is 2.11 bits per heavy atom. The molecule has 0 saturated heterocycles. The molecule has 3 rings (SSSR count). The van der Waals surface area contributed by atoms with Crippen LogP contribution in [-0.2, 0) is 16.1 Å². The number of para-hydroxylation sites is 1. The van der Waals surface area contributed by atoms with E-state index in [4.69, 9.17) is 4.74 Å². The van der Waals surface area contributed by atoms with Crippen molar-refractivity contribution in [2.45, 2.75) is 50.9 Å². The Balaban J connectivity index is 1.73. The molecule has 1 amide bonds. The summed E-state index contributed by atoms with van der Waals surface area (Å²) in [6.07, 6.45) is 3.43. The van der Waals surface area contributed by atoms with E-state index in [-0.39, 0.29) is 23.3 Å². The third kappa shape index (κ3) is 4.75. The van der Waals surface area contributed by atoms with Gasteiger partial charge in [-0.1, -0.05) is 50.6 Å².